The molecule has 49 heavy (non-hydrogen) atoms. The molecule has 2 aromatic rings. The number of anilines is 1. The maximum Gasteiger partial charge on any atom is 0.264 e. The summed E-state index contributed by atoms with van der Waals surface area (Å²) in [6.07, 6.45) is 5.90. The molecule has 1 saturated heterocycles. The van der Waals surface area contributed by atoms with Crippen LogP contribution < -0.4 is 14.4 Å². The zero-order valence-corrected chi connectivity index (χ0v) is 30.2. The first kappa shape index (κ1) is 35.9. The summed E-state index contributed by atoms with van der Waals surface area (Å²) in [6.45, 7) is 7.12. The predicted molar refractivity (Wildman–Crippen MR) is 189 cm³/mol. The molecular formula is C37H50ClN3O7S. The van der Waals surface area contributed by atoms with Gasteiger partial charge in [-0.2, -0.15) is 0 Å². The lowest BCUT2D eigenvalue weighted by Gasteiger charge is -2.49. The average Bonchev–Trinajstić information content (AvgIpc) is 3.09. The number of hydrogen-bond acceptors (Lipinski definition) is 8. The second-order valence-electron chi connectivity index (χ2n) is 14.6. The number of halogens is 1. The number of carbonyl (C=O) groups is 2. The Balaban J connectivity index is 1.36. The number of ether oxygens (including phenoxy) is 2. The molecule has 12 heteroatoms. The number of fused-ring (bicyclic) bond motifs is 3. The van der Waals surface area contributed by atoms with Gasteiger partial charge in [0.15, 0.2) is 0 Å². The molecule has 2 fully saturated rings. The molecule has 4 aliphatic rings. The summed E-state index contributed by atoms with van der Waals surface area (Å²) < 4.78 is 41.1. The summed E-state index contributed by atoms with van der Waals surface area (Å²) in [6, 6.07) is 11.0. The van der Waals surface area contributed by atoms with Crippen LogP contribution in [0.5, 0.6) is 5.75 Å². The van der Waals surface area contributed by atoms with Gasteiger partial charge in [-0.1, -0.05) is 31.0 Å². The quantitative estimate of drug-likeness (QED) is 0.428. The maximum atomic E-state index is 13.6. The summed E-state index contributed by atoms with van der Waals surface area (Å²) in [5.41, 5.74) is 1.93. The van der Waals surface area contributed by atoms with Crippen LogP contribution in [0.4, 0.5) is 5.69 Å². The number of aliphatic hydroxyl groups is 1. The molecule has 1 saturated carbocycles. The van der Waals surface area contributed by atoms with Gasteiger partial charge in [-0.05, 0) is 111 Å². The second-order valence-corrected chi connectivity index (χ2v) is 17.0. The van der Waals surface area contributed by atoms with Crippen molar-refractivity contribution in [3.8, 4) is 5.75 Å². The molecule has 268 valence electrons. The lowest BCUT2D eigenvalue weighted by atomic mass is 9.62. The Kier molecular flexibility index (Phi) is 11.1. The monoisotopic (exact) mass is 715 g/mol. The van der Waals surface area contributed by atoms with Crippen LogP contribution in [0.1, 0.15) is 86.7 Å². The summed E-state index contributed by atoms with van der Waals surface area (Å²) in [7, 11) is -4.00. The van der Waals surface area contributed by atoms with Crippen LogP contribution in [-0.4, -0.2) is 80.5 Å². The Morgan fingerprint density at radius 1 is 1.02 bits per heavy atom. The zero-order chi connectivity index (χ0) is 34.8. The molecule has 0 radical (unpaired) electrons. The van der Waals surface area contributed by atoms with E-state index in [1.165, 1.54) is 0 Å². The molecule has 2 amide bonds. The number of morpholine rings is 1. The molecule has 0 unspecified atom stereocenters. The predicted octanol–water partition coefficient (Wildman–Crippen LogP) is 5.34. The highest BCUT2D eigenvalue weighted by molar-refractivity contribution is 7.90. The van der Waals surface area contributed by atoms with Crippen LogP contribution in [0.3, 0.4) is 0 Å². The molecule has 0 spiro atoms. The first-order valence-corrected chi connectivity index (χ1v) is 19.8. The number of sulfonamides is 1. The number of nitrogens with one attached hydrogen (secondary N) is 1. The van der Waals surface area contributed by atoms with E-state index in [9.17, 15) is 23.1 Å². The molecule has 3 aliphatic heterocycles. The number of benzene rings is 2. The van der Waals surface area contributed by atoms with Crippen LogP contribution in [0.25, 0.3) is 0 Å². The highest BCUT2D eigenvalue weighted by Gasteiger charge is 2.48. The Bertz CT molecular complexity index is 1630. The van der Waals surface area contributed by atoms with Crippen LogP contribution in [-0.2, 0) is 32.6 Å². The fourth-order valence-electron chi connectivity index (χ4n) is 8.00. The van der Waals surface area contributed by atoms with Crippen LogP contribution >= 0.6 is 11.6 Å². The highest BCUT2D eigenvalue weighted by atomic mass is 35.5. The van der Waals surface area contributed by atoms with Crippen molar-refractivity contribution in [2.75, 3.05) is 44.3 Å². The molecule has 6 rings (SSSR count). The molecule has 0 aromatic heterocycles. The standard InChI is InChI=1S/C37H50ClN3O7S/c1-25-6-5-14-37(44,22-35(42)40-16-18-47-19-17-40)32-12-9-29(32)23-41-15-4-3-7-27-20-31(38)11-8-30(27)24-48-34-13-10-28(21-33(34)41)36(43)39-49(45,46)26(25)2/h8,10-11,13,20-21,25-26,29,32,44H,3-7,9,12,14-19,22-24H2,1-2H3,(H,39,43)/t25-,26+,29-,32+,37-/m0/s1. The normalized spacial score (nSPS) is 29.6. The van der Waals surface area contributed by atoms with Crippen molar-refractivity contribution < 1.29 is 32.6 Å². The first-order chi connectivity index (χ1) is 23.4. The average molecular weight is 716 g/mol. The van der Waals surface area contributed by atoms with Crippen molar-refractivity contribution >= 4 is 39.1 Å². The minimum atomic E-state index is -4.00. The molecule has 2 bridgehead atoms. The van der Waals surface area contributed by atoms with Gasteiger partial charge in [0.05, 0.1) is 36.2 Å². The summed E-state index contributed by atoms with van der Waals surface area (Å²) in [5.74, 6) is -0.375. The number of amides is 2. The van der Waals surface area contributed by atoms with Crippen LogP contribution in [0.2, 0.25) is 5.02 Å². The van der Waals surface area contributed by atoms with Gasteiger partial charge in [0.25, 0.3) is 5.91 Å². The van der Waals surface area contributed by atoms with Crippen molar-refractivity contribution in [3.05, 3.63) is 58.1 Å². The van der Waals surface area contributed by atoms with E-state index >= 15 is 0 Å². The fraction of sp³-hybridized carbons (Fsp3) is 0.622. The maximum absolute atomic E-state index is 13.6. The Morgan fingerprint density at radius 3 is 2.57 bits per heavy atom. The number of aryl methyl sites for hydroxylation is 1. The van der Waals surface area contributed by atoms with E-state index in [1.807, 2.05) is 25.1 Å². The third-order valence-electron chi connectivity index (χ3n) is 11.4. The number of carbonyl (C=O) groups excluding carboxylic acids is 2. The van der Waals surface area contributed by atoms with Gasteiger partial charge in [0.1, 0.15) is 12.4 Å². The molecule has 1 aliphatic carbocycles. The molecule has 2 N–H and O–H groups in total. The van der Waals surface area contributed by atoms with Gasteiger partial charge >= 0.3 is 0 Å². The van der Waals surface area contributed by atoms with E-state index in [0.29, 0.717) is 76.0 Å². The lowest BCUT2D eigenvalue weighted by molar-refractivity contribution is -0.149. The number of hydrogen-bond donors (Lipinski definition) is 2. The second kappa shape index (κ2) is 15.2. The number of rotatable bonds is 2. The van der Waals surface area contributed by atoms with Gasteiger partial charge in [-0.3, -0.25) is 9.59 Å². The van der Waals surface area contributed by atoms with Crippen molar-refractivity contribution in [2.24, 2.45) is 17.8 Å². The van der Waals surface area contributed by atoms with E-state index in [0.717, 1.165) is 48.9 Å². The van der Waals surface area contributed by atoms with Crippen LogP contribution in [0.15, 0.2) is 36.4 Å². The fourth-order valence-corrected chi connectivity index (χ4v) is 9.51. The largest absolute Gasteiger partial charge is 0.487 e. The number of nitrogens with zero attached hydrogens (tertiary/aromatic N) is 2. The van der Waals surface area contributed by atoms with Gasteiger partial charge in [0, 0.05) is 36.8 Å². The van der Waals surface area contributed by atoms with Gasteiger partial charge in [-0.25, -0.2) is 13.1 Å². The van der Waals surface area contributed by atoms with Gasteiger partial charge in [0.2, 0.25) is 15.9 Å². The van der Waals surface area contributed by atoms with Crippen molar-refractivity contribution in [1.29, 1.82) is 0 Å². The smallest absolute Gasteiger partial charge is 0.264 e. The third kappa shape index (κ3) is 8.21. The van der Waals surface area contributed by atoms with Crippen molar-refractivity contribution in [3.63, 3.8) is 0 Å². The van der Waals surface area contributed by atoms with E-state index in [1.54, 1.807) is 30.0 Å². The van der Waals surface area contributed by atoms with E-state index in [-0.39, 0.29) is 35.6 Å². The van der Waals surface area contributed by atoms with E-state index < -0.39 is 26.8 Å². The lowest BCUT2D eigenvalue weighted by Crippen LogP contribution is -2.54. The summed E-state index contributed by atoms with van der Waals surface area (Å²) >= 11 is 6.35. The highest BCUT2D eigenvalue weighted by Crippen LogP contribution is 2.47. The molecule has 10 nitrogen and oxygen atoms in total. The minimum Gasteiger partial charge on any atom is -0.487 e. The Labute approximate surface area is 295 Å². The SMILES string of the molecule is C[C@@H]1[C@@H](C)CCC[C@](O)(CC(=O)N2CCOCC2)[C@@H]2CC[C@H]2CN2CCCCc3cc(Cl)ccc3COc3ccc(cc32)C(=O)NS1(=O)=O. The molecular weight excluding hydrogens is 666 g/mol. The van der Waals surface area contributed by atoms with E-state index in [2.05, 4.69) is 9.62 Å². The minimum absolute atomic E-state index is 0.0388. The van der Waals surface area contributed by atoms with Crippen molar-refractivity contribution in [2.45, 2.75) is 89.1 Å². The molecule has 2 aromatic carbocycles. The zero-order valence-electron chi connectivity index (χ0n) is 28.7. The van der Waals surface area contributed by atoms with Gasteiger partial charge in [-0.15, -0.1) is 0 Å². The third-order valence-corrected chi connectivity index (χ3v) is 13.6. The topological polar surface area (TPSA) is 125 Å². The van der Waals surface area contributed by atoms with E-state index in [4.69, 9.17) is 21.1 Å². The summed E-state index contributed by atoms with van der Waals surface area (Å²) in [5, 5.41) is 12.3. The molecule has 5 atom stereocenters. The Hall–Kier alpha value is -2.86. The van der Waals surface area contributed by atoms with Gasteiger partial charge < -0.3 is 24.4 Å². The molecule has 3 heterocycles. The Morgan fingerprint density at radius 2 is 1.82 bits per heavy atom. The first-order valence-electron chi connectivity index (χ1n) is 17.9. The van der Waals surface area contributed by atoms with Crippen LogP contribution in [0, 0.1) is 17.8 Å². The van der Waals surface area contributed by atoms with Crippen molar-refractivity contribution in [1.82, 2.24) is 9.62 Å². The summed E-state index contributed by atoms with van der Waals surface area (Å²) in [4.78, 5) is 31.1.